The number of nitrogen functional groups attached to an aromatic ring is 1. The Morgan fingerprint density at radius 2 is 1.93 bits per heavy atom. The normalized spacial score (nSPS) is 9.87. The predicted octanol–water partition coefficient (Wildman–Crippen LogP) is 2.28. The van der Waals surface area contributed by atoms with Crippen LogP contribution >= 0.6 is 0 Å². The van der Waals surface area contributed by atoms with Crippen molar-refractivity contribution in [2.24, 2.45) is 0 Å². The number of nitrogens with one attached hydrogen (secondary N) is 1. The van der Waals surface area contributed by atoms with Crippen LogP contribution in [-0.4, -0.2) is 4.98 Å². The second-order valence-electron chi connectivity index (χ2n) is 3.34. The zero-order valence-corrected chi connectivity index (χ0v) is 8.35. The SMILES string of the molecule is Nc1ccc(NCc2cccnc2)cc1. The number of nitrogens with two attached hydrogens (primary N) is 1. The topological polar surface area (TPSA) is 50.9 Å². The first-order chi connectivity index (χ1) is 7.34. The van der Waals surface area contributed by atoms with E-state index in [1.165, 1.54) is 0 Å². The van der Waals surface area contributed by atoms with Crippen LogP contribution in [0.3, 0.4) is 0 Å². The number of benzene rings is 1. The predicted molar refractivity (Wildman–Crippen MR) is 62.4 cm³/mol. The summed E-state index contributed by atoms with van der Waals surface area (Å²) in [6, 6.07) is 11.7. The number of rotatable bonds is 3. The molecule has 1 heterocycles. The number of hydrogen-bond donors (Lipinski definition) is 2. The summed E-state index contributed by atoms with van der Waals surface area (Å²) in [5.74, 6) is 0. The highest BCUT2D eigenvalue weighted by atomic mass is 14.9. The van der Waals surface area contributed by atoms with Gasteiger partial charge in [0.1, 0.15) is 0 Å². The second kappa shape index (κ2) is 4.46. The van der Waals surface area contributed by atoms with Crippen molar-refractivity contribution in [3.8, 4) is 0 Å². The molecule has 3 N–H and O–H groups in total. The van der Waals surface area contributed by atoms with Crippen LogP contribution in [0.25, 0.3) is 0 Å². The smallest absolute Gasteiger partial charge is 0.0416 e. The highest BCUT2D eigenvalue weighted by molar-refractivity contribution is 5.51. The molecule has 0 bridgehead atoms. The molecule has 1 aromatic heterocycles. The minimum Gasteiger partial charge on any atom is -0.399 e. The summed E-state index contributed by atoms with van der Waals surface area (Å²) in [7, 11) is 0. The van der Waals surface area contributed by atoms with Crippen LogP contribution in [0.5, 0.6) is 0 Å². The molecule has 3 heteroatoms. The molecule has 0 spiro atoms. The van der Waals surface area contributed by atoms with Gasteiger partial charge in [0.25, 0.3) is 0 Å². The molecule has 1 aromatic carbocycles. The van der Waals surface area contributed by atoms with Crippen LogP contribution in [0.4, 0.5) is 11.4 Å². The lowest BCUT2D eigenvalue weighted by atomic mass is 10.2. The molecule has 0 atom stereocenters. The standard InChI is InChI=1S/C12H13N3/c13-11-3-5-12(6-4-11)15-9-10-2-1-7-14-8-10/h1-8,15H,9,13H2. The van der Waals surface area contributed by atoms with Gasteiger partial charge in [0, 0.05) is 30.3 Å². The van der Waals surface area contributed by atoms with E-state index in [2.05, 4.69) is 10.3 Å². The summed E-state index contributed by atoms with van der Waals surface area (Å²) >= 11 is 0. The average Bonchev–Trinajstić information content (AvgIpc) is 2.30. The Labute approximate surface area is 89.0 Å². The third-order valence-electron chi connectivity index (χ3n) is 2.13. The molecule has 15 heavy (non-hydrogen) atoms. The second-order valence-corrected chi connectivity index (χ2v) is 3.34. The molecule has 3 nitrogen and oxygen atoms in total. The molecule has 0 unspecified atom stereocenters. The van der Waals surface area contributed by atoms with Crippen molar-refractivity contribution in [1.29, 1.82) is 0 Å². The van der Waals surface area contributed by atoms with E-state index < -0.39 is 0 Å². The van der Waals surface area contributed by atoms with Gasteiger partial charge in [-0.05, 0) is 35.9 Å². The van der Waals surface area contributed by atoms with Gasteiger partial charge in [-0.25, -0.2) is 0 Å². The molecular weight excluding hydrogens is 186 g/mol. The summed E-state index contributed by atoms with van der Waals surface area (Å²) in [6.45, 7) is 0.776. The number of pyridine rings is 1. The maximum atomic E-state index is 5.60. The van der Waals surface area contributed by atoms with Gasteiger partial charge in [-0.1, -0.05) is 6.07 Å². The Morgan fingerprint density at radius 1 is 1.13 bits per heavy atom. The maximum absolute atomic E-state index is 5.60. The van der Waals surface area contributed by atoms with Gasteiger partial charge in [-0.2, -0.15) is 0 Å². The van der Waals surface area contributed by atoms with E-state index in [-0.39, 0.29) is 0 Å². The first-order valence-electron chi connectivity index (χ1n) is 4.83. The van der Waals surface area contributed by atoms with Crippen LogP contribution in [0, 0.1) is 0 Å². The van der Waals surface area contributed by atoms with Gasteiger partial charge in [0.05, 0.1) is 0 Å². The molecule has 0 amide bonds. The first kappa shape index (κ1) is 9.52. The van der Waals surface area contributed by atoms with Gasteiger partial charge in [0.2, 0.25) is 0 Å². The molecular formula is C12H13N3. The number of hydrogen-bond acceptors (Lipinski definition) is 3. The van der Waals surface area contributed by atoms with Crippen LogP contribution in [-0.2, 0) is 6.54 Å². The fraction of sp³-hybridized carbons (Fsp3) is 0.0833. The number of aromatic nitrogens is 1. The molecule has 0 radical (unpaired) electrons. The largest absolute Gasteiger partial charge is 0.399 e. The molecule has 0 saturated carbocycles. The average molecular weight is 199 g/mol. The van der Waals surface area contributed by atoms with Crippen molar-refractivity contribution in [1.82, 2.24) is 4.98 Å². The number of nitrogens with zero attached hydrogens (tertiary/aromatic N) is 1. The Balaban J connectivity index is 1.96. The van der Waals surface area contributed by atoms with Gasteiger partial charge in [-0.15, -0.1) is 0 Å². The van der Waals surface area contributed by atoms with Gasteiger partial charge in [-0.3, -0.25) is 4.98 Å². The van der Waals surface area contributed by atoms with E-state index in [0.29, 0.717) is 0 Å². The van der Waals surface area contributed by atoms with Crippen LogP contribution in [0.2, 0.25) is 0 Å². The van der Waals surface area contributed by atoms with Crippen molar-refractivity contribution in [3.63, 3.8) is 0 Å². The quantitative estimate of drug-likeness (QED) is 0.745. The Morgan fingerprint density at radius 3 is 2.60 bits per heavy atom. The monoisotopic (exact) mass is 199 g/mol. The lowest BCUT2D eigenvalue weighted by molar-refractivity contribution is 1.11. The summed E-state index contributed by atoms with van der Waals surface area (Å²) in [4.78, 5) is 4.05. The fourth-order valence-electron chi connectivity index (χ4n) is 1.31. The van der Waals surface area contributed by atoms with E-state index in [9.17, 15) is 0 Å². The molecule has 0 fully saturated rings. The molecule has 0 saturated heterocycles. The minimum absolute atomic E-state index is 0.776. The minimum atomic E-state index is 0.776. The van der Waals surface area contributed by atoms with Crippen LogP contribution < -0.4 is 11.1 Å². The van der Waals surface area contributed by atoms with Crippen molar-refractivity contribution < 1.29 is 0 Å². The van der Waals surface area contributed by atoms with E-state index in [1.807, 2.05) is 42.6 Å². The Kier molecular flexibility index (Phi) is 2.83. The zero-order valence-electron chi connectivity index (χ0n) is 8.35. The molecule has 2 aromatic rings. The first-order valence-corrected chi connectivity index (χ1v) is 4.83. The molecule has 0 aliphatic heterocycles. The molecule has 0 aliphatic rings. The van der Waals surface area contributed by atoms with Crippen LogP contribution in [0.15, 0.2) is 48.8 Å². The van der Waals surface area contributed by atoms with Crippen molar-refractivity contribution >= 4 is 11.4 Å². The summed E-state index contributed by atoms with van der Waals surface area (Å²) in [5, 5.41) is 3.29. The summed E-state index contributed by atoms with van der Waals surface area (Å²) in [5.41, 5.74) is 8.60. The lowest BCUT2D eigenvalue weighted by Crippen LogP contribution is -1.99. The Bertz CT molecular complexity index is 409. The summed E-state index contributed by atoms with van der Waals surface area (Å²) in [6.07, 6.45) is 3.62. The molecule has 76 valence electrons. The van der Waals surface area contributed by atoms with Crippen LogP contribution in [0.1, 0.15) is 5.56 Å². The van der Waals surface area contributed by atoms with Gasteiger partial charge in [0.15, 0.2) is 0 Å². The van der Waals surface area contributed by atoms with Gasteiger partial charge < -0.3 is 11.1 Å². The van der Waals surface area contributed by atoms with E-state index in [4.69, 9.17) is 5.73 Å². The molecule has 0 aliphatic carbocycles. The lowest BCUT2D eigenvalue weighted by Gasteiger charge is -2.05. The van der Waals surface area contributed by atoms with E-state index in [0.717, 1.165) is 23.5 Å². The third-order valence-corrected chi connectivity index (χ3v) is 2.13. The third kappa shape index (κ3) is 2.71. The fourth-order valence-corrected chi connectivity index (χ4v) is 1.31. The van der Waals surface area contributed by atoms with Crippen molar-refractivity contribution in [2.45, 2.75) is 6.54 Å². The zero-order chi connectivity index (χ0) is 10.5. The van der Waals surface area contributed by atoms with E-state index >= 15 is 0 Å². The Hall–Kier alpha value is -2.03. The highest BCUT2D eigenvalue weighted by Gasteiger charge is 1.93. The van der Waals surface area contributed by atoms with Gasteiger partial charge >= 0.3 is 0 Å². The number of anilines is 2. The highest BCUT2D eigenvalue weighted by Crippen LogP contribution is 2.11. The summed E-state index contributed by atoms with van der Waals surface area (Å²) < 4.78 is 0. The van der Waals surface area contributed by atoms with Crippen molar-refractivity contribution in [3.05, 3.63) is 54.4 Å². The van der Waals surface area contributed by atoms with E-state index in [1.54, 1.807) is 6.20 Å². The molecule has 2 rings (SSSR count). The maximum Gasteiger partial charge on any atom is 0.0416 e. The van der Waals surface area contributed by atoms with Crippen molar-refractivity contribution in [2.75, 3.05) is 11.1 Å².